The van der Waals surface area contributed by atoms with Gasteiger partial charge in [0.15, 0.2) is 0 Å². The first kappa shape index (κ1) is 22.3. The number of aryl methyl sites for hydroxylation is 1. The summed E-state index contributed by atoms with van der Waals surface area (Å²) in [7, 11) is 0. The number of rotatable bonds is 14. The first-order valence-corrected chi connectivity index (χ1v) is 9.23. The first-order valence-electron chi connectivity index (χ1n) is 9.23. The Balaban J connectivity index is 2.24. The van der Waals surface area contributed by atoms with Gasteiger partial charge in [-0.05, 0) is 62.5 Å². The molecule has 0 fully saturated rings. The van der Waals surface area contributed by atoms with Crippen molar-refractivity contribution < 1.29 is 19.1 Å². The third kappa shape index (κ3) is 10.7. The Hall–Kier alpha value is -2.76. The fraction of sp³-hybridized carbons (Fsp3) is 0.429. The molecule has 148 valence electrons. The summed E-state index contributed by atoms with van der Waals surface area (Å²) >= 11 is 0. The van der Waals surface area contributed by atoms with Gasteiger partial charge in [-0.2, -0.15) is 0 Å². The number of nitrogens with one attached hydrogen (secondary N) is 2. The third-order valence-corrected chi connectivity index (χ3v) is 3.67. The van der Waals surface area contributed by atoms with Crippen LogP contribution in [0.4, 0.5) is 0 Å². The van der Waals surface area contributed by atoms with Gasteiger partial charge < -0.3 is 20.1 Å². The Bertz CT molecular complexity index is 578. The average molecular weight is 374 g/mol. The van der Waals surface area contributed by atoms with E-state index in [2.05, 4.69) is 23.8 Å². The zero-order chi connectivity index (χ0) is 19.9. The quantitative estimate of drug-likeness (QED) is 0.388. The second-order valence-electron chi connectivity index (χ2n) is 6.08. The number of hydrogen-bond acceptors (Lipinski definition) is 4. The number of amides is 2. The van der Waals surface area contributed by atoms with Crippen LogP contribution in [0.2, 0.25) is 0 Å². The van der Waals surface area contributed by atoms with Crippen LogP contribution in [-0.4, -0.2) is 38.1 Å². The molecule has 27 heavy (non-hydrogen) atoms. The predicted octanol–water partition coefficient (Wildman–Crippen LogP) is 2.92. The van der Waals surface area contributed by atoms with Crippen molar-refractivity contribution in [3.63, 3.8) is 0 Å². The summed E-state index contributed by atoms with van der Waals surface area (Å²) in [6.45, 7) is 11.2. The van der Waals surface area contributed by atoms with Gasteiger partial charge in [-0.25, -0.2) is 0 Å². The van der Waals surface area contributed by atoms with Crippen LogP contribution < -0.4 is 20.1 Å². The molecule has 0 aliphatic carbocycles. The van der Waals surface area contributed by atoms with Crippen LogP contribution in [0, 0.1) is 6.92 Å². The highest BCUT2D eigenvalue weighted by Gasteiger charge is 2.02. The maximum atomic E-state index is 11.0. The van der Waals surface area contributed by atoms with Crippen LogP contribution in [0.5, 0.6) is 11.5 Å². The lowest BCUT2D eigenvalue weighted by molar-refractivity contribution is -0.117. The summed E-state index contributed by atoms with van der Waals surface area (Å²) in [6.07, 6.45) is 5.91. The topological polar surface area (TPSA) is 76.7 Å². The summed E-state index contributed by atoms with van der Waals surface area (Å²) in [5.41, 5.74) is 1.07. The van der Waals surface area contributed by atoms with Crippen LogP contribution in [0.15, 0.2) is 43.5 Å². The van der Waals surface area contributed by atoms with E-state index in [1.54, 1.807) is 0 Å². The zero-order valence-electron chi connectivity index (χ0n) is 16.1. The molecule has 0 atom stereocenters. The Kier molecular flexibility index (Phi) is 11.1. The average Bonchev–Trinajstić information content (AvgIpc) is 2.66. The van der Waals surface area contributed by atoms with E-state index in [4.69, 9.17) is 9.47 Å². The molecule has 0 saturated heterocycles. The van der Waals surface area contributed by atoms with Gasteiger partial charge in [0.2, 0.25) is 11.8 Å². The zero-order valence-corrected chi connectivity index (χ0v) is 16.1. The lowest BCUT2D eigenvalue weighted by Crippen LogP contribution is -2.22. The van der Waals surface area contributed by atoms with E-state index in [0.29, 0.717) is 26.3 Å². The minimum atomic E-state index is -0.153. The van der Waals surface area contributed by atoms with Crippen LogP contribution in [0.1, 0.15) is 31.2 Å². The molecule has 0 aliphatic rings. The number of benzene rings is 1. The van der Waals surface area contributed by atoms with E-state index in [0.717, 1.165) is 42.7 Å². The summed E-state index contributed by atoms with van der Waals surface area (Å²) in [6, 6.07) is 5.82. The highest BCUT2D eigenvalue weighted by molar-refractivity contribution is 5.87. The molecule has 0 spiro atoms. The Morgan fingerprint density at radius 3 is 1.70 bits per heavy atom. The minimum Gasteiger partial charge on any atom is -0.493 e. The standard InChI is InChI=1S/C21H30N2O4/c1-4-20(24)22-10-6-8-12-26-18-14-17(3)15-19(16-18)27-13-9-7-11-23-21(25)5-2/h4-5,14-16H,1-2,6-13H2,3H3,(H,22,24)(H,23,25). The van der Waals surface area contributed by atoms with Crippen LogP contribution in [0.3, 0.4) is 0 Å². The molecule has 2 amide bonds. The second-order valence-corrected chi connectivity index (χ2v) is 6.08. The molecular weight excluding hydrogens is 344 g/mol. The molecule has 0 saturated carbocycles. The van der Waals surface area contributed by atoms with Crippen molar-refractivity contribution in [3.8, 4) is 11.5 Å². The highest BCUT2D eigenvalue weighted by atomic mass is 16.5. The van der Waals surface area contributed by atoms with Gasteiger partial charge in [-0.15, -0.1) is 0 Å². The maximum absolute atomic E-state index is 11.0. The van der Waals surface area contributed by atoms with Crippen LogP contribution >= 0.6 is 0 Å². The van der Waals surface area contributed by atoms with Crippen molar-refractivity contribution in [1.29, 1.82) is 0 Å². The number of unbranched alkanes of at least 4 members (excludes halogenated alkanes) is 2. The summed E-state index contributed by atoms with van der Waals surface area (Å²) in [4.78, 5) is 22.1. The molecule has 0 bridgehead atoms. The second kappa shape index (κ2) is 13.4. The van der Waals surface area contributed by atoms with E-state index in [1.807, 2.05) is 25.1 Å². The van der Waals surface area contributed by atoms with Crippen molar-refractivity contribution in [2.75, 3.05) is 26.3 Å². The van der Waals surface area contributed by atoms with Crippen molar-refractivity contribution in [1.82, 2.24) is 10.6 Å². The van der Waals surface area contributed by atoms with Crippen molar-refractivity contribution in [2.24, 2.45) is 0 Å². The van der Waals surface area contributed by atoms with Crippen molar-refractivity contribution in [3.05, 3.63) is 49.1 Å². The van der Waals surface area contributed by atoms with E-state index in [1.165, 1.54) is 12.2 Å². The number of carbonyl (C=O) groups excluding carboxylic acids is 2. The van der Waals surface area contributed by atoms with Gasteiger partial charge in [0.1, 0.15) is 11.5 Å². The molecule has 0 aliphatic heterocycles. The normalized spacial score (nSPS) is 9.96. The SMILES string of the molecule is C=CC(=O)NCCCCOc1cc(C)cc(OCCCCNC(=O)C=C)c1. The number of ether oxygens (including phenoxy) is 2. The Labute approximate surface area is 161 Å². The molecular formula is C21H30N2O4. The fourth-order valence-corrected chi connectivity index (χ4v) is 2.28. The van der Waals surface area contributed by atoms with Gasteiger partial charge in [-0.1, -0.05) is 13.2 Å². The molecule has 0 unspecified atom stereocenters. The van der Waals surface area contributed by atoms with Gasteiger partial charge in [0.05, 0.1) is 13.2 Å². The first-order chi connectivity index (χ1) is 13.0. The molecule has 0 heterocycles. The third-order valence-electron chi connectivity index (χ3n) is 3.67. The summed E-state index contributed by atoms with van der Waals surface area (Å²) in [5.74, 6) is 1.25. The molecule has 1 aromatic carbocycles. The van der Waals surface area contributed by atoms with Crippen LogP contribution in [0.25, 0.3) is 0 Å². The van der Waals surface area contributed by atoms with Crippen molar-refractivity contribution >= 4 is 11.8 Å². The van der Waals surface area contributed by atoms with E-state index < -0.39 is 0 Å². The van der Waals surface area contributed by atoms with E-state index in [9.17, 15) is 9.59 Å². The smallest absolute Gasteiger partial charge is 0.243 e. The number of hydrogen-bond donors (Lipinski definition) is 2. The van der Waals surface area contributed by atoms with Gasteiger partial charge in [0, 0.05) is 19.2 Å². The largest absolute Gasteiger partial charge is 0.493 e. The highest BCUT2D eigenvalue weighted by Crippen LogP contribution is 2.23. The Morgan fingerprint density at radius 1 is 0.852 bits per heavy atom. The summed E-state index contributed by atoms with van der Waals surface area (Å²) < 4.78 is 11.5. The van der Waals surface area contributed by atoms with Crippen molar-refractivity contribution in [2.45, 2.75) is 32.6 Å². The molecule has 1 rings (SSSR count). The molecule has 0 aromatic heterocycles. The van der Waals surface area contributed by atoms with Gasteiger partial charge >= 0.3 is 0 Å². The molecule has 6 heteroatoms. The lowest BCUT2D eigenvalue weighted by Gasteiger charge is -2.11. The molecule has 0 radical (unpaired) electrons. The van der Waals surface area contributed by atoms with E-state index in [-0.39, 0.29) is 11.8 Å². The maximum Gasteiger partial charge on any atom is 0.243 e. The lowest BCUT2D eigenvalue weighted by atomic mass is 10.2. The fourth-order valence-electron chi connectivity index (χ4n) is 2.28. The predicted molar refractivity (Wildman–Crippen MR) is 107 cm³/mol. The number of carbonyl (C=O) groups is 2. The molecule has 6 nitrogen and oxygen atoms in total. The van der Waals surface area contributed by atoms with E-state index >= 15 is 0 Å². The Morgan fingerprint density at radius 2 is 1.30 bits per heavy atom. The van der Waals surface area contributed by atoms with Gasteiger partial charge in [0.25, 0.3) is 0 Å². The monoisotopic (exact) mass is 374 g/mol. The minimum absolute atomic E-state index is 0.153. The summed E-state index contributed by atoms with van der Waals surface area (Å²) in [5, 5.41) is 5.47. The molecule has 1 aromatic rings. The van der Waals surface area contributed by atoms with Gasteiger partial charge in [-0.3, -0.25) is 9.59 Å². The molecule has 2 N–H and O–H groups in total. The van der Waals surface area contributed by atoms with Crippen LogP contribution in [-0.2, 0) is 9.59 Å².